The van der Waals surface area contributed by atoms with Crippen LogP contribution in [-0.4, -0.2) is 11.3 Å². The number of pyridine rings is 1. The molecule has 0 fully saturated rings. The van der Waals surface area contributed by atoms with Crippen LogP contribution in [-0.2, 0) is 0 Å². The molecular formula is C24H18F4N2O. The summed E-state index contributed by atoms with van der Waals surface area (Å²) in [5.41, 5.74) is 3.28. The summed E-state index contributed by atoms with van der Waals surface area (Å²) >= 11 is 0. The van der Waals surface area contributed by atoms with Crippen LogP contribution in [0.2, 0.25) is 0 Å². The summed E-state index contributed by atoms with van der Waals surface area (Å²) < 4.78 is 56.1. The van der Waals surface area contributed by atoms with E-state index in [1.807, 2.05) is 30.5 Å². The molecule has 4 rings (SSSR count). The third-order valence-corrected chi connectivity index (χ3v) is 4.84. The molecule has 0 aliphatic carbocycles. The minimum absolute atomic E-state index is 0.0734. The van der Waals surface area contributed by atoms with Gasteiger partial charge in [0.2, 0.25) is 0 Å². The zero-order valence-electron chi connectivity index (χ0n) is 16.2. The van der Waals surface area contributed by atoms with Gasteiger partial charge in [0.25, 0.3) is 0 Å². The van der Waals surface area contributed by atoms with Crippen LogP contribution < -0.4 is 10.1 Å². The number of aromatic nitrogens is 1. The summed E-state index contributed by atoms with van der Waals surface area (Å²) in [5.74, 6) is -0.928. The monoisotopic (exact) mass is 426 g/mol. The first kappa shape index (κ1) is 20.7. The normalized spacial score (nSPS) is 17.4. The predicted octanol–water partition coefficient (Wildman–Crippen LogP) is 6.42. The first-order valence-corrected chi connectivity index (χ1v) is 9.56. The molecule has 0 saturated heterocycles. The van der Waals surface area contributed by atoms with E-state index in [0.717, 1.165) is 16.7 Å². The highest BCUT2D eigenvalue weighted by atomic mass is 19.4. The lowest BCUT2D eigenvalue weighted by Crippen LogP contribution is -2.20. The van der Waals surface area contributed by atoms with Crippen molar-refractivity contribution in [2.24, 2.45) is 0 Å². The van der Waals surface area contributed by atoms with E-state index in [1.54, 1.807) is 30.6 Å². The van der Waals surface area contributed by atoms with Crippen LogP contribution in [0.25, 0.3) is 17.2 Å². The first-order valence-electron chi connectivity index (χ1n) is 9.56. The van der Waals surface area contributed by atoms with E-state index in [1.165, 1.54) is 24.3 Å². The molecule has 3 nitrogen and oxygen atoms in total. The minimum atomic E-state index is -4.81. The third-order valence-electron chi connectivity index (χ3n) is 4.84. The van der Waals surface area contributed by atoms with Crippen molar-refractivity contribution in [1.29, 1.82) is 0 Å². The highest BCUT2D eigenvalue weighted by Crippen LogP contribution is 2.32. The van der Waals surface area contributed by atoms with Crippen molar-refractivity contribution in [3.8, 4) is 16.9 Å². The zero-order valence-corrected chi connectivity index (χ0v) is 16.2. The number of nitrogens with one attached hydrogen (secondary N) is 1. The van der Waals surface area contributed by atoms with Crippen LogP contribution in [0.4, 0.5) is 17.6 Å². The summed E-state index contributed by atoms with van der Waals surface area (Å²) in [6, 6.07) is 13.6. The van der Waals surface area contributed by atoms with E-state index in [9.17, 15) is 17.6 Å². The van der Waals surface area contributed by atoms with Gasteiger partial charge in [-0.2, -0.15) is 0 Å². The Morgan fingerprint density at radius 3 is 2.71 bits per heavy atom. The topological polar surface area (TPSA) is 34.2 Å². The van der Waals surface area contributed by atoms with Crippen molar-refractivity contribution >= 4 is 6.08 Å². The van der Waals surface area contributed by atoms with Gasteiger partial charge in [-0.1, -0.05) is 36.4 Å². The Kier molecular flexibility index (Phi) is 5.75. The second-order valence-electron chi connectivity index (χ2n) is 7.03. The summed E-state index contributed by atoms with van der Waals surface area (Å²) in [6.45, 7) is 0. The zero-order chi connectivity index (χ0) is 21.8. The maximum atomic E-state index is 14.5. The van der Waals surface area contributed by atoms with Gasteiger partial charge in [-0.15, -0.1) is 13.2 Å². The largest absolute Gasteiger partial charge is 0.573 e. The third kappa shape index (κ3) is 5.12. The number of rotatable bonds is 4. The second-order valence-corrected chi connectivity index (χ2v) is 7.03. The summed E-state index contributed by atoms with van der Waals surface area (Å²) in [4.78, 5) is 4.17. The number of benzene rings is 2. The average molecular weight is 426 g/mol. The molecule has 2 aromatic carbocycles. The van der Waals surface area contributed by atoms with Gasteiger partial charge in [-0.3, -0.25) is 4.98 Å². The molecule has 1 atom stereocenters. The van der Waals surface area contributed by atoms with E-state index in [-0.39, 0.29) is 11.6 Å². The van der Waals surface area contributed by atoms with Crippen LogP contribution in [0, 0.1) is 5.82 Å². The molecule has 0 spiro atoms. The van der Waals surface area contributed by atoms with E-state index >= 15 is 0 Å². The van der Waals surface area contributed by atoms with E-state index < -0.39 is 17.9 Å². The van der Waals surface area contributed by atoms with Gasteiger partial charge < -0.3 is 10.1 Å². The molecule has 1 aromatic heterocycles. The molecule has 1 N–H and O–H groups in total. The van der Waals surface area contributed by atoms with Crippen LogP contribution in [0.3, 0.4) is 0 Å². The molecule has 0 saturated carbocycles. The first-order chi connectivity index (χ1) is 14.9. The van der Waals surface area contributed by atoms with E-state index in [0.29, 0.717) is 12.0 Å². The Balaban J connectivity index is 1.68. The lowest BCUT2D eigenvalue weighted by atomic mass is 9.92. The SMILES string of the molecule is Fc1ccc(C=C2CC=CNC2c2cccnc2)cc1-c1cccc(OC(F)(F)F)c1. The lowest BCUT2D eigenvalue weighted by molar-refractivity contribution is -0.274. The van der Waals surface area contributed by atoms with Gasteiger partial charge in [0.1, 0.15) is 11.6 Å². The lowest BCUT2D eigenvalue weighted by Gasteiger charge is -2.24. The highest BCUT2D eigenvalue weighted by Gasteiger charge is 2.31. The number of alkyl halides is 3. The average Bonchev–Trinajstić information content (AvgIpc) is 2.75. The summed E-state index contributed by atoms with van der Waals surface area (Å²) in [6.07, 6.45) is 5.20. The Hall–Kier alpha value is -3.61. The molecule has 1 unspecified atom stereocenters. The van der Waals surface area contributed by atoms with Crippen molar-refractivity contribution in [1.82, 2.24) is 10.3 Å². The predicted molar refractivity (Wildman–Crippen MR) is 110 cm³/mol. The van der Waals surface area contributed by atoms with Gasteiger partial charge >= 0.3 is 6.36 Å². The number of halogens is 4. The highest BCUT2D eigenvalue weighted by molar-refractivity contribution is 5.70. The fourth-order valence-corrected chi connectivity index (χ4v) is 3.51. The van der Waals surface area contributed by atoms with Crippen molar-refractivity contribution in [3.05, 3.63) is 102 Å². The number of hydrogen-bond acceptors (Lipinski definition) is 3. The smallest absolute Gasteiger partial charge is 0.406 e. The van der Waals surface area contributed by atoms with Crippen molar-refractivity contribution < 1.29 is 22.3 Å². The van der Waals surface area contributed by atoms with Crippen LogP contribution in [0.5, 0.6) is 5.75 Å². The molecule has 2 heterocycles. The number of nitrogens with zero attached hydrogens (tertiary/aromatic N) is 1. The fourth-order valence-electron chi connectivity index (χ4n) is 3.51. The molecular weight excluding hydrogens is 408 g/mol. The number of allylic oxidation sites excluding steroid dienone is 1. The second kappa shape index (κ2) is 8.63. The minimum Gasteiger partial charge on any atom is -0.406 e. The fraction of sp³-hybridized carbons (Fsp3) is 0.125. The molecule has 0 radical (unpaired) electrons. The molecule has 1 aliphatic rings. The quantitative estimate of drug-likeness (QED) is 0.489. The number of hydrogen-bond donors (Lipinski definition) is 1. The standard InChI is InChI=1S/C24H18F4N2O/c25-22-9-8-16(12-18-5-3-11-30-23(18)19-6-2-10-29-15-19)13-21(22)17-4-1-7-20(14-17)31-24(26,27)28/h1-4,6-15,23,30H,5H2. The molecule has 3 aromatic rings. The molecule has 1 aliphatic heterocycles. The Bertz CT molecular complexity index is 1120. The molecule has 31 heavy (non-hydrogen) atoms. The number of ether oxygens (including phenoxy) is 1. The molecule has 0 amide bonds. The Labute approximate surface area is 176 Å². The molecule has 0 bridgehead atoms. The van der Waals surface area contributed by atoms with Gasteiger partial charge in [0.05, 0.1) is 6.04 Å². The van der Waals surface area contributed by atoms with Crippen molar-refractivity contribution in [3.63, 3.8) is 0 Å². The molecule has 7 heteroatoms. The maximum absolute atomic E-state index is 14.5. The van der Waals surface area contributed by atoms with Gasteiger partial charge in [-0.05, 0) is 65.2 Å². The Morgan fingerprint density at radius 1 is 1.06 bits per heavy atom. The van der Waals surface area contributed by atoms with Crippen LogP contribution in [0.1, 0.15) is 23.6 Å². The Morgan fingerprint density at radius 2 is 1.94 bits per heavy atom. The van der Waals surface area contributed by atoms with Gasteiger partial charge in [0.15, 0.2) is 0 Å². The van der Waals surface area contributed by atoms with Crippen molar-refractivity contribution in [2.45, 2.75) is 18.8 Å². The maximum Gasteiger partial charge on any atom is 0.573 e. The van der Waals surface area contributed by atoms with Crippen molar-refractivity contribution in [2.75, 3.05) is 0 Å². The van der Waals surface area contributed by atoms with Crippen LogP contribution >= 0.6 is 0 Å². The van der Waals surface area contributed by atoms with Gasteiger partial charge in [0, 0.05) is 18.0 Å². The van der Waals surface area contributed by atoms with E-state index in [4.69, 9.17) is 0 Å². The molecule has 158 valence electrons. The summed E-state index contributed by atoms with van der Waals surface area (Å²) in [7, 11) is 0. The summed E-state index contributed by atoms with van der Waals surface area (Å²) in [5, 5.41) is 3.31. The van der Waals surface area contributed by atoms with Crippen LogP contribution in [0.15, 0.2) is 84.8 Å². The van der Waals surface area contributed by atoms with E-state index in [2.05, 4.69) is 15.0 Å². The van der Waals surface area contributed by atoms with Gasteiger partial charge in [-0.25, -0.2) is 4.39 Å².